The van der Waals surface area contributed by atoms with Crippen LogP contribution in [0.4, 0.5) is 5.69 Å². The number of amides is 1. The maximum atomic E-state index is 11.6. The Kier molecular flexibility index (Phi) is 2.05. The molecule has 2 aliphatic rings. The maximum Gasteiger partial charge on any atom is 0.229 e. The van der Waals surface area contributed by atoms with E-state index in [-0.39, 0.29) is 18.1 Å². The van der Waals surface area contributed by atoms with Crippen molar-refractivity contribution in [3.63, 3.8) is 0 Å². The topological polar surface area (TPSA) is 80.7 Å². The molecule has 17 heavy (non-hydrogen) atoms. The minimum atomic E-state index is -0.827. The Morgan fingerprint density at radius 2 is 2.29 bits per heavy atom. The molecule has 3 rings (SSSR count). The lowest BCUT2D eigenvalue weighted by Gasteiger charge is -2.11. The van der Waals surface area contributed by atoms with E-state index < -0.39 is 6.23 Å². The molecule has 0 bridgehead atoms. The Labute approximate surface area is 96.0 Å². The van der Waals surface area contributed by atoms with Crippen LogP contribution in [0.5, 0.6) is 0 Å². The number of carbonyl (C=O) groups excluding carboxylic acids is 2. The van der Waals surface area contributed by atoms with Crippen molar-refractivity contribution in [2.24, 2.45) is 4.99 Å². The molecule has 1 aromatic rings. The Morgan fingerprint density at radius 3 is 3.06 bits per heavy atom. The summed E-state index contributed by atoms with van der Waals surface area (Å²) in [5, 5.41) is 3.77. The highest BCUT2D eigenvalue weighted by atomic mass is 16.5. The summed E-state index contributed by atoms with van der Waals surface area (Å²) in [6.45, 7) is 0. The van der Waals surface area contributed by atoms with E-state index in [2.05, 4.69) is 15.3 Å². The van der Waals surface area contributed by atoms with Crippen LogP contribution in [0.1, 0.15) is 5.56 Å². The van der Waals surface area contributed by atoms with Crippen LogP contribution in [0.25, 0.3) is 6.08 Å². The van der Waals surface area contributed by atoms with Crippen molar-refractivity contribution in [2.75, 3.05) is 12.4 Å². The van der Waals surface area contributed by atoms with E-state index in [0.717, 1.165) is 5.56 Å². The SMILES string of the molecule is COC1N=c2c3c(cnc2=CC1=O)NC(=O)C3. The van der Waals surface area contributed by atoms with Gasteiger partial charge in [0.2, 0.25) is 17.9 Å². The summed E-state index contributed by atoms with van der Waals surface area (Å²) >= 11 is 0. The molecule has 0 aliphatic carbocycles. The van der Waals surface area contributed by atoms with E-state index in [0.29, 0.717) is 16.4 Å². The van der Waals surface area contributed by atoms with E-state index >= 15 is 0 Å². The fraction of sp³-hybridized carbons (Fsp3) is 0.273. The molecule has 1 aromatic heterocycles. The first-order chi connectivity index (χ1) is 8.19. The summed E-state index contributed by atoms with van der Waals surface area (Å²) in [5.41, 5.74) is 1.45. The zero-order valence-electron chi connectivity index (χ0n) is 9.06. The molecular weight excluding hydrogens is 222 g/mol. The molecule has 1 N–H and O–H groups in total. The highest BCUT2D eigenvalue weighted by Gasteiger charge is 2.24. The first-order valence-corrected chi connectivity index (χ1v) is 5.13. The van der Waals surface area contributed by atoms with Crippen LogP contribution in [0, 0.1) is 0 Å². The number of anilines is 1. The fourth-order valence-electron chi connectivity index (χ4n) is 2.00. The van der Waals surface area contributed by atoms with Crippen molar-refractivity contribution in [3.05, 3.63) is 22.5 Å². The Balaban J connectivity index is 2.30. The maximum absolute atomic E-state index is 11.6. The number of ether oxygens (including phenoxy) is 1. The van der Waals surface area contributed by atoms with Gasteiger partial charge in [-0.3, -0.25) is 14.6 Å². The molecule has 3 heterocycles. The van der Waals surface area contributed by atoms with Crippen molar-refractivity contribution >= 4 is 23.5 Å². The van der Waals surface area contributed by atoms with Gasteiger partial charge in [-0.05, 0) is 0 Å². The first-order valence-electron chi connectivity index (χ1n) is 5.13. The van der Waals surface area contributed by atoms with E-state index in [9.17, 15) is 9.59 Å². The standard InChI is InChI=1S/C11H9N3O3/c1-17-11-8(15)3-6-10(14-11)5-2-9(16)13-7(5)4-12-6/h3-4,11H,2H2,1H3,(H,13,16). The van der Waals surface area contributed by atoms with Crippen LogP contribution >= 0.6 is 0 Å². The van der Waals surface area contributed by atoms with Gasteiger partial charge in [0.05, 0.1) is 29.0 Å². The Morgan fingerprint density at radius 1 is 1.47 bits per heavy atom. The van der Waals surface area contributed by atoms with Gasteiger partial charge in [0.25, 0.3) is 0 Å². The van der Waals surface area contributed by atoms with Gasteiger partial charge in [-0.2, -0.15) is 0 Å². The van der Waals surface area contributed by atoms with Crippen molar-refractivity contribution in [2.45, 2.75) is 12.6 Å². The molecular formula is C11H9N3O3. The number of hydrogen-bond acceptors (Lipinski definition) is 5. The molecule has 0 saturated heterocycles. The molecule has 6 nitrogen and oxygen atoms in total. The van der Waals surface area contributed by atoms with Crippen molar-refractivity contribution in [1.82, 2.24) is 4.98 Å². The lowest BCUT2D eigenvalue weighted by molar-refractivity contribution is -0.122. The van der Waals surface area contributed by atoms with Gasteiger partial charge >= 0.3 is 0 Å². The number of methoxy groups -OCH3 is 1. The second-order valence-corrected chi connectivity index (χ2v) is 3.87. The summed E-state index contributed by atoms with van der Waals surface area (Å²) in [5.74, 6) is -0.319. The van der Waals surface area contributed by atoms with Crippen molar-refractivity contribution < 1.29 is 14.3 Å². The van der Waals surface area contributed by atoms with Crippen LogP contribution in [-0.2, 0) is 20.7 Å². The van der Waals surface area contributed by atoms with E-state index in [4.69, 9.17) is 4.74 Å². The molecule has 2 aliphatic heterocycles. The third-order valence-electron chi connectivity index (χ3n) is 2.79. The summed E-state index contributed by atoms with van der Waals surface area (Å²) in [4.78, 5) is 31.2. The average Bonchev–Trinajstić information content (AvgIpc) is 2.69. The van der Waals surface area contributed by atoms with Gasteiger partial charge in [0.15, 0.2) is 0 Å². The smallest absolute Gasteiger partial charge is 0.229 e. The predicted octanol–water partition coefficient (Wildman–Crippen LogP) is -1.47. The lowest BCUT2D eigenvalue weighted by atomic mass is 10.1. The molecule has 1 atom stereocenters. The molecule has 0 radical (unpaired) electrons. The summed E-state index contributed by atoms with van der Waals surface area (Å²) in [7, 11) is 1.42. The second-order valence-electron chi connectivity index (χ2n) is 3.87. The third-order valence-corrected chi connectivity index (χ3v) is 2.79. The highest BCUT2D eigenvalue weighted by Crippen LogP contribution is 2.16. The van der Waals surface area contributed by atoms with Gasteiger partial charge in [-0.15, -0.1) is 0 Å². The third kappa shape index (κ3) is 1.45. The number of carbonyl (C=O) groups is 2. The largest absolute Gasteiger partial charge is 0.353 e. The van der Waals surface area contributed by atoms with Gasteiger partial charge in [-0.25, -0.2) is 4.99 Å². The number of hydrogen-bond donors (Lipinski definition) is 1. The van der Waals surface area contributed by atoms with E-state index in [1.165, 1.54) is 13.2 Å². The van der Waals surface area contributed by atoms with Crippen LogP contribution in [0.15, 0.2) is 11.2 Å². The zero-order valence-corrected chi connectivity index (χ0v) is 9.06. The fourth-order valence-corrected chi connectivity index (χ4v) is 2.00. The van der Waals surface area contributed by atoms with Crippen LogP contribution < -0.4 is 16.0 Å². The number of pyridine rings is 1. The molecule has 1 unspecified atom stereocenters. The summed E-state index contributed by atoms with van der Waals surface area (Å²) in [6, 6.07) is 0. The van der Waals surface area contributed by atoms with Crippen molar-refractivity contribution in [3.8, 4) is 0 Å². The second kappa shape index (κ2) is 3.46. The normalized spacial score (nSPS) is 21.1. The van der Waals surface area contributed by atoms with Crippen LogP contribution in [-0.4, -0.2) is 30.0 Å². The number of nitrogens with zero attached hydrogens (tertiary/aromatic N) is 2. The highest BCUT2D eigenvalue weighted by molar-refractivity contribution is 6.09. The van der Waals surface area contributed by atoms with Gasteiger partial charge in [0, 0.05) is 18.7 Å². The number of Topliss-reactive ketones (excluding diaryl/α,β-unsaturated/α-hetero) is 1. The minimum Gasteiger partial charge on any atom is -0.353 e. The van der Waals surface area contributed by atoms with E-state index in [1.807, 2.05) is 0 Å². The monoisotopic (exact) mass is 231 g/mol. The molecule has 0 aromatic carbocycles. The average molecular weight is 231 g/mol. The zero-order chi connectivity index (χ0) is 12.0. The Hall–Kier alpha value is -2.08. The molecule has 0 fully saturated rings. The van der Waals surface area contributed by atoms with Gasteiger partial charge in [0.1, 0.15) is 0 Å². The van der Waals surface area contributed by atoms with Crippen molar-refractivity contribution in [1.29, 1.82) is 0 Å². The van der Waals surface area contributed by atoms with Gasteiger partial charge < -0.3 is 10.1 Å². The Bertz CT molecular complexity index is 651. The first kappa shape index (κ1) is 10.1. The summed E-state index contributed by atoms with van der Waals surface area (Å²) in [6.07, 6.45) is 2.39. The van der Waals surface area contributed by atoms with E-state index in [1.54, 1.807) is 6.20 Å². The number of rotatable bonds is 1. The lowest BCUT2D eigenvalue weighted by Crippen LogP contribution is -2.40. The van der Waals surface area contributed by atoms with Gasteiger partial charge in [-0.1, -0.05) is 0 Å². The molecule has 1 amide bonds. The molecule has 86 valence electrons. The number of nitrogens with one attached hydrogen (secondary N) is 1. The molecule has 0 saturated carbocycles. The molecule has 6 heteroatoms. The number of ketones is 1. The number of fused-ring (bicyclic) bond motifs is 3. The quantitative estimate of drug-likeness (QED) is 0.640. The predicted molar refractivity (Wildman–Crippen MR) is 57.6 cm³/mol. The van der Waals surface area contributed by atoms with Crippen LogP contribution in [0.2, 0.25) is 0 Å². The molecule has 0 spiro atoms. The summed E-state index contributed by atoms with van der Waals surface area (Å²) < 4.78 is 4.97. The van der Waals surface area contributed by atoms with Crippen LogP contribution in [0.3, 0.4) is 0 Å². The number of aromatic nitrogens is 1. The minimum absolute atomic E-state index is 0.0868.